The van der Waals surface area contributed by atoms with E-state index in [-0.39, 0.29) is 41.7 Å². The van der Waals surface area contributed by atoms with Crippen molar-refractivity contribution in [1.82, 2.24) is 0 Å². The molecule has 4 rings (SSSR count). The maximum atomic E-state index is 13.3. The number of rotatable bonds is 7. The number of ether oxygens (including phenoxy) is 1. The maximum Gasteiger partial charge on any atom is 0.192 e. The number of aliphatic hydroxyl groups excluding tert-OH is 1. The third-order valence-corrected chi connectivity index (χ3v) is 6.20. The first kappa shape index (κ1) is 21.6. The van der Waals surface area contributed by atoms with Gasteiger partial charge in [0.2, 0.25) is 0 Å². The monoisotopic (exact) mass is 422 g/mol. The Bertz CT molecular complexity index is 1100. The van der Waals surface area contributed by atoms with Gasteiger partial charge in [0.05, 0.1) is 6.10 Å². The van der Waals surface area contributed by atoms with E-state index >= 15 is 0 Å². The molecule has 162 valence electrons. The van der Waals surface area contributed by atoms with Crippen molar-refractivity contribution in [3.05, 3.63) is 58.7 Å². The Morgan fingerprint density at radius 1 is 1.10 bits per heavy atom. The lowest BCUT2D eigenvalue weighted by molar-refractivity contribution is -0.145. The van der Waals surface area contributed by atoms with Gasteiger partial charge in [-0.3, -0.25) is 14.4 Å². The van der Waals surface area contributed by atoms with E-state index in [0.29, 0.717) is 6.61 Å². The zero-order valence-electron chi connectivity index (χ0n) is 17.5. The summed E-state index contributed by atoms with van der Waals surface area (Å²) in [5, 5.41) is 23.3. The fraction of sp³-hybridized carbons (Fsp3) is 0.400. The molecule has 2 aliphatic carbocycles. The molecular formula is C25H26O6. The first-order chi connectivity index (χ1) is 14.9. The molecule has 0 heterocycles. The second kappa shape index (κ2) is 8.46. The smallest absolute Gasteiger partial charge is 0.192 e. The molecular weight excluding hydrogens is 396 g/mol. The van der Waals surface area contributed by atoms with E-state index in [2.05, 4.69) is 6.92 Å². The van der Waals surface area contributed by atoms with Crippen LogP contribution in [-0.4, -0.2) is 52.5 Å². The highest BCUT2D eigenvalue weighted by Gasteiger charge is 2.49. The predicted molar refractivity (Wildman–Crippen MR) is 115 cm³/mol. The Morgan fingerprint density at radius 3 is 2.39 bits per heavy atom. The minimum Gasteiger partial charge on any atom is -0.388 e. The fourth-order valence-electron chi connectivity index (χ4n) is 4.46. The summed E-state index contributed by atoms with van der Waals surface area (Å²) in [5.41, 5.74) is -1.44. The van der Waals surface area contributed by atoms with Crippen molar-refractivity contribution in [2.45, 2.75) is 50.7 Å². The molecule has 0 aromatic heterocycles. The van der Waals surface area contributed by atoms with Crippen molar-refractivity contribution in [3.63, 3.8) is 0 Å². The predicted octanol–water partition coefficient (Wildman–Crippen LogP) is 3.18. The van der Waals surface area contributed by atoms with E-state index in [9.17, 15) is 24.6 Å². The van der Waals surface area contributed by atoms with Crippen LogP contribution in [0.4, 0.5) is 0 Å². The lowest BCUT2D eigenvalue weighted by Gasteiger charge is -2.37. The highest BCUT2D eigenvalue weighted by atomic mass is 16.5. The van der Waals surface area contributed by atoms with Gasteiger partial charge in [0.1, 0.15) is 12.2 Å². The molecule has 0 spiro atoms. The molecule has 2 aliphatic rings. The lowest BCUT2D eigenvalue weighted by Crippen LogP contribution is -2.50. The summed E-state index contributed by atoms with van der Waals surface area (Å²) in [6.07, 6.45) is 0.805. The highest BCUT2D eigenvalue weighted by molar-refractivity contribution is 6.29. The molecule has 0 bridgehead atoms. The molecule has 0 radical (unpaired) electrons. The summed E-state index contributed by atoms with van der Waals surface area (Å²) < 4.78 is 5.38. The average Bonchev–Trinajstić information content (AvgIpc) is 2.75. The second-order valence-electron chi connectivity index (χ2n) is 8.41. The van der Waals surface area contributed by atoms with Crippen molar-refractivity contribution in [3.8, 4) is 0 Å². The van der Waals surface area contributed by atoms with E-state index in [4.69, 9.17) is 4.74 Å². The van der Waals surface area contributed by atoms with Gasteiger partial charge in [-0.1, -0.05) is 44.0 Å². The largest absolute Gasteiger partial charge is 0.388 e. The zero-order chi connectivity index (χ0) is 22.2. The number of ketones is 3. The minimum absolute atomic E-state index is 0.00544. The van der Waals surface area contributed by atoms with Gasteiger partial charge in [0, 0.05) is 41.7 Å². The number of carbonyl (C=O) groups excluding carboxylic acids is 3. The molecule has 2 aromatic carbocycles. The van der Waals surface area contributed by atoms with Crippen LogP contribution in [-0.2, 0) is 9.53 Å². The maximum absolute atomic E-state index is 13.3. The van der Waals surface area contributed by atoms with E-state index in [1.807, 2.05) is 24.3 Å². The highest BCUT2D eigenvalue weighted by Crippen LogP contribution is 2.41. The van der Waals surface area contributed by atoms with Crippen molar-refractivity contribution < 1.29 is 29.3 Å². The molecule has 31 heavy (non-hydrogen) atoms. The summed E-state index contributed by atoms with van der Waals surface area (Å²) in [6.45, 7) is 2.18. The number of benzene rings is 2. The molecule has 0 saturated heterocycles. The van der Waals surface area contributed by atoms with E-state index in [0.717, 1.165) is 30.0 Å². The van der Waals surface area contributed by atoms with Gasteiger partial charge in [-0.2, -0.15) is 0 Å². The normalized spacial score (nSPS) is 23.1. The van der Waals surface area contributed by atoms with Crippen molar-refractivity contribution in [1.29, 1.82) is 0 Å². The molecule has 6 nitrogen and oxygen atoms in total. The number of hydrogen-bond donors (Lipinski definition) is 2. The Hall–Kier alpha value is -2.67. The summed E-state index contributed by atoms with van der Waals surface area (Å²) in [6, 6.07) is 10.7. The van der Waals surface area contributed by atoms with Crippen LogP contribution < -0.4 is 0 Å². The minimum atomic E-state index is -1.94. The molecule has 0 unspecified atom stereocenters. The quantitative estimate of drug-likeness (QED) is 0.665. The summed E-state index contributed by atoms with van der Waals surface area (Å²) in [7, 11) is 0. The average molecular weight is 422 g/mol. The first-order valence-electron chi connectivity index (χ1n) is 10.7. The number of unbranched alkanes of at least 4 members (excludes halogenated alkanes) is 2. The van der Waals surface area contributed by atoms with Crippen LogP contribution in [0, 0.1) is 0 Å². The van der Waals surface area contributed by atoms with Gasteiger partial charge in [0.25, 0.3) is 0 Å². The lowest BCUT2D eigenvalue weighted by atomic mass is 9.69. The molecule has 0 saturated carbocycles. The molecule has 2 N–H and O–H groups in total. The molecule has 0 fully saturated rings. The van der Waals surface area contributed by atoms with Crippen molar-refractivity contribution >= 4 is 28.1 Å². The van der Waals surface area contributed by atoms with Crippen LogP contribution >= 0.6 is 0 Å². The summed E-state index contributed by atoms with van der Waals surface area (Å²) in [4.78, 5) is 39.1. The van der Waals surface area contributed by atoms with Gasteiger partial charge in [-0.25, -0.2) is 0 Å². The summed E-state index contributed by atoms with van der Waals surface area (Å²) >= 11 is 0. The second-order valence-corrected chi connectivity index (χ2v) is 8.41. The van der Waals surface area contributed by atoms with Gasteiger partial charge in [-0.15, -0.1) is 0 Å². The third-order valence-electron chi connectivity index (χ3n) is 6.20. The Kier molecular flexibility index (Phi) is 5.88. The number of hydrogen-bond acceptors (Lipinski definition) is 6. The van der Waals surface area contributed by atoms with Gasteiger partial charge < -0.3 is 14.9 Å². The van der Waals surface area contributed by atoms with E-state index in [1.54, 1.807) is 12.1 Å². The van der Waals surface area contributed by atoms with E-state index in [1.165, 1.54) is 0 Å². The van der Waals surface area contributed by atoms with Crippen LogP contribution in [0.25, 0.3) is 10.8 Å². The first-order valence-corrected chi connectivity index (χ1v) is 10.7. The molecule has 0 amide bonds. The SMILES string of the molecule is CCCCCOCC(=O)[C@@]1(O)CC2=C(C(=O)c3cc4ccccc4cc3C2=O)[C@H](O)C1. The topological polar surface area (TPSA) is 101 Å². The Balaban J connectivity index is 1.62. The van der Waals surface area contributed by atoms with Crippen LogP contribution in [0.2, 0.25) is 0 Å². The fourth-order valence-corrected chi connectivity index (χ4v) is 4.46. The number of aliphatic hydroxyl groups is 2. The van der Waals surface area contributed by atoms with Gasteiger partial charge >= 0.3 is 0 Å². The zero-order valence-corrected chi connectivity index (χ0v) is 17.5. The Morgan fingerprint density at radius 2 is 1.74 bits per heavy atom. The number of carbonyl (C=O) groups is 3. The molecule has 2 atom stereocenters. The van der Waals surface area contributed by atoms with Crippen LogP contribution in [0.15, 0.2) is 47.5 Å². The number of Topliss-reactive ketones (excluding diaryl/α,β-unsaturated/α-hetero) is 3. The standard InChI is InChI=1S/C25H26O6/c1-2-3-6-9-31-14-21(27)25(30)12-19-22(20(26)13-25)24(29)18-11-16-8-5-4-7-15(16)10-17(18)23(19)28/h4-5,7-8,10-11,20,26,30H,2-3,6,9,12-14H2,1H3/t20-,25-/m1/s1. The molecule has 2 aromatic rings. The number of fused-ring (bicyclic) bond motifs is 2. The van der Waals surface area contributed by atoms with Crippen LogP contribution in [0.3, 0.4) is 0 Å². The van der Waals surface area contributed by atoms with E-state index < -0.39 is 29.1 Å². The summed E-state index contributed by atoms with van der Waals surface area (Å²) in [5.74, 6) is -1.43. The van der Waals surface area contributed by atoms with Crippen molar-refractivity contribution in [2.75, 3.05) is 13.2 Å². The van der Waals surface area contributed by atoms with Crippen LogP contribution in [0.5, 0.6) is 0 Å². The molecule has 6 heteroatoms. The van der Waals surface area contributed by atoms with Gasteiger partial charge in [0.15, 0.2) is 17.3 Å². The van der Waals surface area contributed by atoms with Crippen molar-refractivity contribution in [2.24, 2.45) is 0 Å². The third kappa shape index (κ3) is 3.87. The molecule has 0 aliphatic heterocycles. The van der Waals surface area contributed by atoms with Gasteiger partial charge in [-0.05, 0) is 29.3 Å². The Labute approximate surface area is 180 Å². The van der Waals surface area contributed by atoms with Crippen LogP contribution in [0.1, 0.15) is 59.7 Å².